The highest BCUT2D eigenvalue weighted by Crippen LogP contribution is 2.41. The third-order valence-electron chi connectivity index (χ3n) is 5.20. The van der Waals surface area contributed by atoms with E-state index in [0.717, 1.165) is 0 Å². The van der Waals surface area contributed by atoms with Crippen molar-refractivity contribution in [2.24, 2.45) is 12.8 Å². The Balaban J connectivity index is 1.42. The van der Waals surface area contributed by atoms with Crippen LogP contribution in [-0.4, -0.2) is 70.9 Å². The van der Waals surface area contributed by atoms with Gasteiger partial charge in [0.15, 0.2) is 5.82 Å². The van der Waals surface area contributed by atoms with E-state index in [9.17, 15) is 19.5 Å². The van der Waals surface area contributed by atoms with Crippen molar-refractivity contribution in [2.45, 2.75) is 23.2 Å². The van der Waals surface area contributed by atoms with E-state index in [-0.39, 0.29) is 5.70 Å². The summed E-state index contributed by atoms with van der Waals surface area (Å²) in [5.41, 5.74) is 7.29. The van der Waals surface area contributed by atoms with Gasteiger partial charge in [-0.2, -0.15) is 0 Å². The van der Waals surface area contributed by atoms with Crippen LogP contribution in [0.2, 0.25) is 0 Å². The van der Waals surface area contributed by atoms with Gasteiger partial charge in [-0.3, -0.25) is 14.5 Å². The van der Waals surface area contributed by atoms with Crippen LogP contribution >= 0.6 is 23.5 Å². The van der Waals surface area contributed by atoms with Crippen LogP contribution in [0.5, 0.6) is 0 Å². The number of amides is 2. The van der Waals surface area contributed by atoms with Crippen molar-refractivity contribution in [3.63, 3.8) is 0 Å². The van der Waals surface area contributed by atoms with E-state index in [1.807, 2.05) is 6.07 Å². The number of nitrogens with zero attached hydrogens (tertiary/aromatic N) is 5. The van der Waals surface area contributed by atoms with Crippen molar-refractivity contribution in [3.05, 3.63) is 53.0 Å². The summed E-state index contributed by atoms with van der Waals surface area (Å²) in [5, 5.41) is 23.2. The molecule has 168 valence electrons. The van der Waals surface area contributed by atoms with Gasteiger partial charge in [0.1, 0.15) is 23.2 Å². The fourth-order valence-electron chi connectivity index (χ4n) is 3.48. The Morgan fingerprint density at radius 1 is 1.34 bits per heavy atom. The van der Waals surface area contributed by atoms with Crippen LogP contribution in [0.15, 0.2) is 41.6 Å². The molecule has 4 rings (SSSR count). The molecular formula is C19H21N7O4S2. The third kappa shape index (κ3) is 4.23. The van der Waals surface area contributed by atoms with Gasteiger partial charge in [0, 0.05) is 18.6 Å². The Kier molecular flexibility index (Phi) is 6.48. The van der Waals surface area contributed by atoms with E-state index in [1.54, 1.807) is 36.0 Å². The molecule has 0 spiro atoms. The molecule has 2 aliphatic heterocycles. The number of nitrogens with one attached hydrogen (secondary N) is 1. The number of carbonyl (C=O) groups excluding carboxylic acids is 2. The van der Waals surface area contributed by atoms with Gasteiger partial charge in [0.2, 0.25) is 5.91 Å². The Hall–Kier alpha value is -2.90. The zero-order chi connectivity index (χ0) is 22.8. The number of tetrazole rings is 1. The first-order valence-electron chi connectivity index (χ1n) is 9.68. The summed E-state index contributed by atoms with van der Waals surface area (Å²) in [6.45, 7) is 0. The summed E-state index contributed by atoms with van der Waals surface area (Å²) in [5.74, 6) is -0.0393. The van der Waals surface area contributed by atoms with Crippen LogP contribution in [0.4, 0.5) is 0 Å². The lowest BCUT2D eigenvalue weighted by Crippen LogP contribution is -2.71. The van der Waals surface area contributed by atoms with E-state index in [0.29, 0.717) is 34.2 Å². The van der Waals surface area contributed by atoms with Crippen LogP contribution in [0.25, 0.3) is 0 Å². The predicted octanol–water partition coefficient (Wildman–Crippen LogP) is -0.118. The average Bonchev–Trinajstić information content (AvgIpc) is 3.21. The van der Waals surface area contributed by atoms with Crippen LogP contribution < -0.4 is 11.1 Å². The number of aromatic nitrogens is 4. The van der Waals surface area contributed by atoms with E-state index in [4.69, 9.17) is 5.73 Å². The quantitative estimate of drug-likeness (QED) is 0.440. The Morgan fingerprint density at radius 2 is 2.09 bits per heavy atom. The van der Waals surface area contributed by atoms with Gasteiger partial charge >= 0.3 is 5.97 Å². The molecule has 2 aromatic rings. The van der Waals surface area contributed by atoms with Crippen LogP contribution in [-0.2, 0) is 27.2 Å². The Bertz CT molecular complexity index is 1070. The smallest absolute Gasteiger partial charge is 0.352 e. The second-order valence-corrected chi connectivity index (χ2v) is 9.34. The van der Waals surface area contributed by atoms with Gasteiger partial charge in [0.05, 0.1) is 5.75 Å². The van der Waals surface area contributed by atoms with Crippen molar-refractivity contribution in [3.8, 4) is 0 Å². The molecule has 0 aliphatic carbocycles. The molecule has 11 nitrogen and oxygen atoms in total. The number of carboxylic acid groups (broad SMARTS) is 1. The minimum atomic E-state index is -1.16. The SMILES string of the molecule is Cn1nnnc1CSCC1=C(C(=O)O)N2C(=O)[C@@H](NC(=O)[C@H](N)c3ccccc3)[C@H]2SC1. The molecule has 1 aromatic carbocycles. The molecule has 0 radical (unpaired) electrons. The molecule has 13 heteroatoms. The zero-order valence-electron chi connectivity index (χ0n) is 17.0. The lowest BCUT2D eigenvalue weighted by molar-refractivity contribution is -0.150. The number of rotatable bonds is 8. The number of benzene rings is 1. The standard InChI is InChI=1S/C19H21N7O4S2/c1-25-12(22-23-24-25)9-31-7-11-8-32-18-14(17(28)26(18)15(11)19(29)30)21-16(27)13(20)10-5-3-2-4-6-10/h2-6,13-14,18H,7-9,20H2,1H3,(H,21,27)(H,29,30)/t13-,14-,18-/m1/s1. The maximum atomic E-state index is 12.8. The first-order valence-corrected chi connectivity index (χ1v) is 11.9. The van der Waals surface area contributed by atoms with Crippen LogP contribution in [0.3, 0.4) is 0 Å². The molecule has 2 aliphatic rings. The summed E-state index contributed by atoms with van der Waals surface area (Å²) in [4.78, 5) is 38.6. The maximum absolute atomic E-state index is 12.8. The number of hydrogen-bond donors (Lipinski definition) is 3. The van der Waals surface area contributed by atoms with Crippen LogP contribution in [0.1, 0.15) is 17.4 Å². The highest BCUT2D eigenvalue weighted by Gasteiger charge is 2.54. The molecular weight excluding hydrogens is 454 g/mol. The number of nitrogens with two attached hydrogens (primary N) is 1. The molecule has 4 N–H and O–H groups in total. The highest BCUT2D eigenvalue weighted by molar-refractivity contribution is 8.00. The fraction of sp³-hybridized carbons (Fsp3) is 0.368. The van der Waals surface area contributed by atoms with Gasteiger partial charge in [-0.1, -0.05) is 30.3 Å². The number of aryl methyl sites for hydroxylation is 1. The third-order valence-corrected chi connectivity index (χ3v) is 7.56. The largest absolute Gasteiger partial charge is 0.477 e. The van der Waals surface area contributed by atoms with Crippen molar-refractivity contribution in [1.82, 2.24) is 30.4 Å². The van der Waals surface area contributed by atoms with E-state index in [2.05, 4.69) is 20.8 Å². The molecule has 1 aromatic heterocycles. The number of β-lactam (4-membered cyclic amide) rings is 1. The van der Waals surface area contributed by atoms with Crippen LogP contribution in [0, 0.1) is 0 Å². The second-order valence-electron chi connectivity index (χ2n) is 7.25. The molecule has 3 atom stereocenters. The summed E-state index contributed by atoms with van der Waals surface area (Å²) in [6, 6.07) is 7.13. The van der Waals surface area contributed by atoms with Crippen molar-refractivity contribution in [2.75, 3.05) is 11.5 Å². The maximum Gasteiger partial charge on any atom is 0.352 e. The number of carboxylic acids is 1. The molecule has 0 saturated carbocycles. The predicted molar refractivity (Wildman–Crippen MR) is 118 cm³/mol. The summed E-state index contributed by atoms with van der Waals surface area (Å²) >= 11 is 2.90. The molecule has 1 saturated heterocycles. The summed E-state index contributed by atoms with van der Waals surface area (Å²) in [6.07, 6.45) is 0. The molecule has 1 fully saturated rings. The fourth-order valence-corrected chi connectivity index (χ4v) is 5.97. The molecule has 0 bridgehead atoms. The monoisotopic (exact) mass is 475 g/mol. The lowest BCUT2D eigenvalue weighted by Gasteiger charge is -2.49. The first kappa shape index (κ1) is 22.3. The molecule has 32 heavy (non-hydrogen) atoms. The van der Waals surface area contributed by atoms with E-state index >= 15 is 0 Å². The zero-order valence-corrected chi connectivity index (χ0v) is 18.7. The highest BCUT2D eigenvalue weighted by atomic mass is 32.2. The number of thioether (sulfide) groups is 2. The summed E-state index contributed by atoms with van der Waals surface area (Å²) < 4.78 is 1.55. The van der Waals surface area contributed by atoms with Gasteiger partial charge < -0.3 is 16.2 Å². The van der Waals surface area contributed by atoms with Gasteiger partial charge in [0.25, 0.3) is 5.91 Å². The molecule has 2 amide bonds. The number of carbonyl (C=O) groups is 3. The normalized spacial score (nSPS) is 21.1. The minimum absolute atomic E-state index is 0.0137. The lowest BCUT2D eigenvalue weighted by atomic mass is 10.0. The summed E-state index contributed by atoms with van der Waals surface area (Å²) in [7, 11) is 1.73. The number of hydrogen-bond acceptors (Lipinski definition) is 9. The Labute approximate surface area is 191 Å². The van der Waals surface area contributed by atoms with Gasteiger partial charge in [-0.05, 0) is 21.6 Å². The molecule has 3 heterocycles. The van der Waals surface area contributed by atoms with Crippen molar-refractivity contribution < 1.29 is 19.5 Å². The van der Waals surface area contributed by atoms with Gasteiger partial charge in [-0.25, -0.2) is 9.48 Å². The first-order chi connectivity index (χ1) is 15.4. The second kappa shape index (κ2) is 9.30. The average molecular weight is 476 g/mol. The van der Waals surface area contributed by atoms with E-state index in [1.165, 1.54) is 28.4 Å². The van der Waals surface area contributed by atoms with E-state index < -0.39 is 35.2 Å². The van der Waals surface area contributed by atoms with Crippen molar-refractivity contribution in [1.29, 1.82) is 0 Å². The number of aliphatic carboxylic acids is 1. The van der Waals surface area contributed by atoms with Crippen molar-refractivity contribution >= 4 is 41.3 Å². The topological polar surface area (TPSA) is 156 Å². The van der Waals surface area contributed by atoms with Gasteiger partial charge in [-0.15, -0.1) is 28.6 Å². The Morgan fingerprint density at radius 3 is 2.75 bits per heavy atom. The molecule has 0 unspecified atom stereocenters. The minimum Gasteiger partial charge on any atom is -0.477 e. The number of fused-ring (bicyclic) bond motifs is 1.